The maximum absolute atomic E-state index is 13.3. The van der Waals surface area contributed by atoms with Crippen molar-refractivity contribution in [2.45, 2.75) is 6.42 Å². The van der Waals surface area contributed by atoms with Crippen LogP contribution in [0.1, 0.15) is 15.9 Å². The van der Waals surface area contributed by atoms with Crippen molar-refractivity contribution in [2.75, 3.05) is 6.54 Å². The molecule has 32 heavy (non-hydrogen) atoms. The third kappa shape index (κ3) is 3.62. The maximum atomic E-state index is 13.3. The minimum Gasteiger partial charge on any atom is -0.352 e. The summed E-state index contributed by atoms with van der Waals surface area (Å²) in [4.78, 5) is 29.4. The number of halogens is 1. The van der Waals surface area contributed by atoms with Crippen molar-refractivity contribution >= 4 is 22.5 Å². The van der Waals surface area contributed by atoms with E-state index in [1.165, 1.54) is 12.1 Å². The van der Waals surface area contributed by atoms with E-state index in [-0.39, 0.29) is 11.7 Å². The van der Waals surface area contributed by atoms with Crippen LogP contribution in [-0.2, 0) is 6.42 Å². The van der Waals surface area contributed by atoms with Gasteiger partial charge in [0.05, 0.1) is 10.9 Å². The Labute approximate surface area is 181 Å². The van der Waals surface area contributed by atoms with Gasteiger partial charge in [-0.1, -0.05) is 30.3 Å². The molecule has 0 fully saturated rings. The summed E-state index contributed by atoms with van der Waals surface area (Å²) in [6.45, 7) is 0.491. The molecule has 2 heterocycles. The Morgan fingerprint density at radius 1 is 1.03 bits per heavy atom. The molecule has 158 valence electrons. The van der Waals surface area contributed by atoms with Gasteiger partial charge >= 0.3 is 0 Å². The molecule has 0 radical (unpaired) electrons. The zero-order valence-electron chi connectivity index (χ0n) is 16.9. The van der Waals surface area contributed by atoms with Gasteiger partial charge in [-0.3, -0.25) is 9.59 Å². The van der Waals surface area contributed by atoms with Crippen molar-refractivity contribution in [3.8, 4) is 11.3 Å². The van der Waals surface area contributed by atoms with Gasteiger partial charge in [0.1, 0.15) is 11.5 Å². The van der Waals surface area contributed by atoms with Crippen molar-refractivity contribution < 1.29 is 9.18 Å². The van der Waals surface area contributed by atoms with Crippen molar-refractivity contribution in [1.82, 2.24) is 25.1 Å². The number of hydrogen-bond acceptors (Lipinski definition) is 4. The number of H-pyrrole nitrogens is 1. The molecular weight excluding hydrogens is 409 g/mol. The number of carbonyl (C=O) groups excluding carboxylic acids is 1. The van der Waals surface area contributed by atoms with Gasteiger partial charge in [0, 0.05) is 17.7 Å². The lowest BCUT2D eigenvalue weighted by atomic mass is 10.1. The fraction of sp³-hybridized carbons (Fsp3) is 0.0833. The van der Waals surface area contributed by atoms with Gasteiger partial charge in [0.15, 0.2) is 5.65 Å². The highest BCUT2D eigenvalue weighted by atomic mass is 19.1. The molecule has 0 saturated carbocycles. The molecule has 7 nitrogen and oxygen atoms in total. The van der Waals surface area contributed by atoms with E-state index in [1.807, 2.05) is 30.3 Å². The van der Waals surface area contributed by atoms with Crippen LogP contribution >= 0.6 is 0 Å². The minimum atomic E-state index is -0.430. The lowest BCUT2D eigenvalue weighted by Crippen LogP contribution is -2.25. The molecule has 0 aliphatic heterocycles. The second-order valence-corrected chi connectivity index (χ2v) is 7.37. The van der Waals surface area contributed by atoms with Crippen molar-refractivity contribution in [3.63, 3.8) is 0 Å². The minimum absolute atomic E-state index is 0.237. The second kappa shape index (κ2) is 8.07. The number of aromatic nitrogens is 4. The number of amides is 1. The SMILES string of the molecule is O=C(NCCc1ccccc1)c1ccc2c(=O)nc3c(-c4ccc(F)cc4)n[nH]n3c2c1. The molecule has 2 N–H and O–H groups in total. The number of nitrogens with one attached hydrogen (secondary N) is 2. The van der Waals surface area contributed by atoms with Gasteiger partial charge in [-0.25, -0.2) is 14.1 Å². The first-order chi connectivity index (χ1) is 15.6. The van der Waals surface area contributed by atoms with E-state index in [0.717, 1.165) is 12.0 Å². The number of carbonyl (C=O) groups is 1. The molecule has 0 unspecified atom stereocenters. The summed E-state index contributed by atoms with van der Waals surface area (Å²) in [6.07, 6.45) is 0.718. The highest BCUT2D eigenvalue weighted by Gasteiger charge is 2.16. The first-order valence-electron chi connectivity index (χ1n) is 10.1. The normalized spacial score (nSPS) is 11.2. The third-order valence-electron chi connectivity index (χ3n) is 5.28. The lowest BCUT2D eigenvalue weighted by Gasteiger charge is -2.07. The van der Waals surface area contributed by atoms with Crippen LogP contribution in [0.3, 0.4) is 0 Å². The predicted molar refractivity (Wildman–Crippen MR) is 119 cm³/mol. The fourth-order valence-corrected chi connectivity index (χ4v) is 3.64. The number of hydrogen-bond donors (Lipinski definition) is 2. The summed E-state index contributed by atoms with van der Waals surface area (Å²) in [5, 5.41) is 10.4. The maximum Gasteiger partial charge on any atom is 0.281 e. The number of fused-ring (bicyclic) bond motifs is 3. The average molecular weight is 427 g/mol. The Bertz CT molecular complexity index is 1490. The van der Waals surface area contributed by atoms with Crippen molar-refractivity contribution in [2.24, 2.45) is 0 Å². The standard InChI is InChI=1S/C24H18FN5O2/c25-18-9-6-16(7-10-18)21-22-27-24(32)19-11-8-17(14-20(19)30(22)29-28-21)23(31)26-13-12-15-4-2-1-3-5-15/h1-11,14,29H,12-13H2,(H,26,31). The fourth-order valence-electron chi connectivity index (χ4n) is 3.64. The summed E-state index contributed by atoms with van der Waals surface area (Å²) in [6, 6.07) is 20.5. The summed E-state index contributed by atoms with van der Waals surface area (Å²) in [5.41, 5.74) is 2.94. The second-order valence-electron chi connectivity index (χ2n) is 7.37. The highest BCUT2D eigenvalue weighted by Crippen LogP contribution is 2.23. The molecule has 0 saturated heterocycles. The molecule has 3 aromatic carbocycles. The van der Waals surface area contributed by atoms with Crippen LogP contribution in [0.5, 0.6) is 0 Å². The Morgan fingerprint density at radius 2 is 1.81 bits per heavy atom. The van der Waals surface area contributed by atoms with Gasteiger partial charge < -0.3 is 5.32 Å². The highest BCUT2D eigenvalue weighted by molar-refractivity contribution is 5.98. The average Bonchev–Trinajstić information content (AvgIpc) is 3.24. The molecule has 5 rings (SSSR count). The Morgan fingerprint density at radius 3 is 2.59 bits per heavy atom. The van der Waals surface area contributed by atoms with Crippen LogP contribution in [0.25, 0.3) is 27.8 Å². The van der Waals surface area contributed by atoms with Gasteiger partial charge in [0.25, 0.3) is 11.5 Å². The first-order valence-corrected chi connectivity index (χ1v) is 10.1. The first kappa shape index (κ1) is 19.6. The van der Waals surface area contributed by atoms with E-state index in [0.29, 0.717) is 39.9 Å². The van der Waals surface area contributed by atoms with Crippen LogP contribution in [0.2, 0.25) is 0 Å². The quantitative estimate of drug-likeness (QED) is 0.450. The third-order valence-corrected chi connectivity index (χ3v) is 5.28. The topological polar surface area (TPSA) is 92.2 Å². The Hall–Kier alpha value is -4.33. The van der Waals surface area contributed by atoms with Crippen LogP contribution in [-0.4, -0.2) is 32.3 Å². The number of benzene rings is 3. The largest absolute Gasteiger partial charge is 0.352 e. The number of rotatable bonds is 5. The van der Waals surface area contributed by atoms with E-state index in [2.05, 4.69) is 20.6 Å². The molecule has 0 aliphatic carbocycles. The Balaban J connectivity index is 1.48. The van der Waals surface area contributed by atoms with Crippen LogP contribution in [0, 0.1) is 5.82 Å². The van der Waals surface area contributed by atoms with Gasteiger partial charge in [-0.05, 0) is 54.4 Å². The molecular formula is C24H18FN5O2. The van der Waals surface area contributed by atoms with Crippen LogP contribution < -0.4 is 10.9 Å². The Kier molecular flexibility index (Phi) is 4.95. The van der Waals surface area contributed by atoms with Gasteiger partial charge in [-0.15, -0.1) is 0 Å². The molecule has 2 aromatic heterocycles. The zero-order valence-corrected chi connectivity index (χ0v) is 16.9. The molecule has 0 aliphatic rings. The van der Waals surface area contributed by atoms with Crippen molar-refractivity contribution in [3.05, 3.63) is 100 Å². The monoisotopic (exact) mass is 427 g/mol. The van der Waals surface area contributed by atoms with Gasteiger partial charge in [0.2, 0.25) is 0 Å². The van der Waals surface area contributed by atoms with E-state index in [9.17, 15) is 14.0 Å². The predicted octanol–water partition coefficient (Wildman–Crippen LogP) is 3.35. The zero-order chi connectivity index (χ0) is 22.1. The summed E-state index contributed by atoms with van der Waals surface area (Å²) >= 11 is 0. The van der Waals surface area contributed by atoms with E-state index in [1.54, 1.807) is 34.8 Å². The molecule has 1 amide bonds. The molecule has 0 spiro atoms. The van der Waals surface area contributed by atoms with E-state index < -0.39 is 5.56 Å². The summed E-state index contributed by atoms with van der Waals surface area (Å²) in [5.74, 6) is -0.605. The van der Waals surface area contributed by atoms with Crippen LogP contribution in [0.15, 0.2) is 77.6 Å². The number of nitrogens with zero attached hydrogens (tertiary/aromatic N) is 3. The van der Waals surface area contributed by atoms with Crippen LogP contribution in [0.4, 0.5) is 4.39 Å². The van der Waals surface area contributed by atoms with Gasteiger partial charge in [-0.2, -0.15) is 10.1 Å². The summed E-state index contributed by atoms with van der Waals surface area (Å²) < 4.78 is 14.8. The van der Waals surface area contributed by atoms with E-state index >= 15 is 0 Å². The molecule has 0 atom stereocenters. The summed E-state index contributed by atoms with van der Waals surface area (Å²) in [7, 11) is 0. The smallest absolute Gasteiger partial charge is 0.281 e. The molecule has 8 heteroatoms. The van der Waals surface area contributed by atoms with E-state index in [4.69, 9.17) is 0 Å². The molecule has 5 aromatic rings. The lowest BCUT2D eigenvalue weighted by molar-refractivity contribution is 0.0954. The molecule has 0 bridgehead atoms. The number of aromatic amines is 1. The van der Waals surface area contributed by atoms with Crippen molar-refractivity contribution in [1.29, 1.82) is 0 Å².